The van der Waals surface area contributed by atoms with Crippen LogP contribution in [0.2, 0.25) is 0 Å². The zero-order valence-electron chi connectivity index (χ0n) is 12.1. The van der Waals surface area contributed by atoms with Crippen LogP contribution in [0.1, 0.15) is 40.0 Å². The number of amidine groups is 1. The number of nitrogens with two attached hydrogens (primary N) is 1. The molecule has 6 heteroatoms. The first kappa shape index (κ1) is 15.8. The van der Waals surface area contributed by atoms with E-state index in [2.05, 4.69) is 19.0 Å². The van der Waals surface area contributed by atoms with Gasteiger partial charge in [-0.05, 0) is 25.7 Å². The molecule has 3 N–H and O–H groups in total. The molecule has 1 unspecified atom stereocenters. The molecule has 19 heavy (non-hydrogen) atoms. The first-order chi connectivity index (χ1) is 8.89. The van der Waals surface area contributed by atoms with Gasteiger partial charge in [-0.15, -0.1) is 0 Å². The van der Waals surface area contributed by atoms with Gasteiger partial charge in [0.2, 0.25) is 0 Å². The molecule has 0 spiro atoms. The highest BCUT2D eigenvalue weighted by Gasteiger charge is 2.40. The van der Waals surface area contributed by atoms with E-state index >= 15 is 0 Å². The van der Waals surface area contributed by atoms with Gasteiger partial charge in [-0.3, -0.25) is 4.79 Å². The molecule has 110 valence electrons. The number of carbonyl (C=O) groups is 1. The third-order valence-corrected chi connectivity index (χ3v) is 3.31. The maximum absolute atomic E-state index is 12.6. The van der Waals surface area contributed by atoms with Gasteiger partial charge in [-0.25, -0.2) is 0 Å². The van der Waals surface area contributed by atoms with Crippen LogP contribution in [0.5, 0.6) is 0 Å². The third kappa shape index (κ3) is 4.38. The first-order valence-electron chi connectivity index (χ1n) is 6.79. The van der Waals surface area contributed by atoms with Crippen molar-refractivity contribution < 1.29 is 14.7 Å². The molecule has 0 radical (unpaired) electrons. The van der Waals surface area contributed by atoms with E-state index in [4.69, 9.17) is 15.7 Å². The Kier molecular flexibility index (Phi) is 5.60. The monoisotopic (exact) mass is 271 g/mol. The molecule has 6 nitrogen and oxygen atoms in total. The summed E-state index contributed by atoms with van der Waals surface area (Å²) in [4.78, 5) is 14.3. The second-order valence-corrected chi connectivity index (χ2v) is 5.67. The maximum atomic E-state index is 12.6. The molecule has 1 rings (SSSR count). The van der Waals surface area contributed by atoms with Gasteiger partial charge in [0.05, 0.1) is 0 Å². The number of rotatable bonds is 6. The standard InChI is InChI=1S/C13H25N3O3/c1-10(2)9-16(7-5-11(14)15-18)12(17)13(3)6-4-8-19-13/h10,18H,4-9H2,1-3H3,(H2,14,15). The molecule has 1 fully saturated rings. The van der Waals surface area contributed by atoms with Crippen LogP contribution in [0, 0.1) is 5.92 Å². The molecule has 1 amide bonds. The molecule has 0 aromatic carbocycles. The number of hydrogen-bond donors (Lipinski definition) is 2. The Balaban J connectivity index is 2.69. The quantitative estimate of drug-likeness (QED) is 0.328. The molecule has 1 heterocycles. The Morgan fingerprint density at radius 2 is 2.26 bits per heavy atom. The predicted molar refractivity (Wildman–Crippen MR) is 73.0 cm³/mol. The van der Waals surface area contributed by atoms with E-state index in [1.807, 2.05) is 6.92 Å². The lowest BCUT2D eigenvalue weighted by atomic mass is 10.00. The van der Waals surface area contributed by atoms with Crippen molar-refractivity contribution in [3.8, 4) is 0 Å². The van der Waals surface area contributed by atoms with Gasteiger partial charge < -0.3 is 20.6 Å². The summed E-state index contributed by atoms with van der Waals surface area (Å²) in [5.74, 6) is 0.504. The minimum Gasteiger partial charge on any atom is -0.409 e. The fourth-order valence-corrected chi connectivity index (χ4v) is 2.30. The van der Waals surface area contributed by atoms with Crippen LogP contribution in [-0.2, 0) is 9.53 Å². The van der Waals surface area contributed by atoms with Crippen LogP contribution in [0.3, 0.4) is 0 Å². The Morgan fingerprint density at radius 1 is 1.58 bits per heavy atom. The Bertz CT molecular complexity index is 336. The van der Waals surface area contributed by atoms with Crippen LogP contribution in [0.25, 0.3) is 0 Å². The Labute approximate surface area is 114 Å². The normalized spacial score (nSPS) is 23.9. The lowest BCUT2D eigenvalue weighted by Gasteiger charge is -2.32. The lowest BCUT2D eigenvalue weighted by molar-refractivity contribution is -0.151. The van der Waals surface area contributed by atoms with Crippen molar-refractivity contribution in [2.75, 3.05) is 19.7 Å². The topological polar surface area (TPSA) is 88.1 Å². The van der Waals surface area contributed by atoms with Crippen molar-refractivity contribution >= 4 is 11.7 Å². The SMILES string of the molecule is CC(C)CN(CCC(N)=NO)C(=O)C1(C)CCCO1. The van der Waals surface area contributed by atoms with Crippen LogP contribution in [0.4, 0.5) is 0 Å². The lowest BCUT2D eigenvalue weighted by Crippen LogP contribution is -2.48. The highest BCUT2D eigenvalue weighted by Crippen LogP contribution is 2.27. The molecule has 0 aromatic rings. The van der Waals surface area contributed by atoms with Crippen molar-refractivity contribution in [3.05, 3.63) is 0 Å². The highest BCUT2D eigenvalue weighted by molar-refractivity contribution is 5.86. The molecular formula is C13H25N3O3. The van der Waals surface area contributed by atoms with E-state index < -0.39 is 5.60 Å². The number of hydrogen-bond acceptors (Lipinski definition) is 4. The van der Waals surface area contributed by atoms with E-state index in [9.17, 15) is 4.79 Å². The minimum atomic E-state index is -0.708. The average molecular weight is 271 g/mol. The molecule has 1 aliphatic heterocycles. The second kappa shape index (κ2) is 6.75. The Morgan fingerprint density at radius 3 is 2.74 bits per heavy atom. The van der Waals surface area contributed by atoms with Crippen molar-refractivity contribution in [1.29, 1.82) is 0 Å². The van der Waals surface area contributed by atoms with Crippen LogP contribution in [0.15, 0.2) is 5.16 Å². The maximum Gasteiger partial charge on any atom is 0.254 e. The third-order valence-electron chi connectivity index (χ3n) is 3.31. The number of oxime groups is 1. The molecule has 1 atom stereocenters. The van der Waals surface area contributed by atoms with Crippen LogP contribution >= 0.6 is 0 Å². The number of amides is 1. The molecule has 1 aliphatic rings. The summed E-state index contributed by atoms with van der Waals surface area (Å²) in [6, 6.07) is 0. The number of carbonyl (C=O) groups excluding carboxylic acids is 1. The average Bonchev–Trinajstić information content (AvgIpc) is 2.80. The zero-order valence-corrected chi connectivity index (χ0v) is 12.1. The van der Waals surface area contributed by atoms with Crippen molar-refractivity contribution in [2.24, 2.45) is 16.8 Å². The van der Waals surface area contributed by atoms with Gasteiger partial charge in [0.15, 0.2) is 0 Å². The van der Waals surface area contributed by atoms with Crippen LogP contribution < -0.4 is 5.73 Å². The number of ether oxygens (including phenoxy) is 1. The van der Waals surface area contributed by atoms with Crippen molar-refractivity contribution in [2.45, 2.75) is 45.6 Å². The van der Waals surface area contributed by atoms with E-state index in [0.29, 0.717) is 32.0 Å². The van der Waals surface area contributed by atoms with Gasteiger partial charge in [-0.1, -0.05) is 19.0 Å². The van der Waals surface area contributed by atoms with Gasteiger partial charge in [0, 0.05) is 26.1 Å². The first-order valence-corrected chi connectivity index (χ1v) is 6.79. The summed E-state index contributed by atoms with van der Waals surface area (Å²) in [5, 5.41) is 11.5. The summed E-state index contributed by atoms with van der Waals surface area (Å²) in [6.07, 6.45) is 2.03. The summed E-state index contributed by atoms with van der Waals surface area (Å²) in [6.45, 7) is 7.70. The predicted octanol–water partition coefficient (Wildman–Crippen LogP) is 1.18. The largest absolute Gasteiger partial charge is 0.409 e. The number of nitrogens with zero attached hydrogens (tertiary/aromatic N) is 2. The highest BCUT2D eigenvalue weighted by atomic mass is 16.5. The second-order valence-electron chi connectivity index (χ2n) is 5.67. The molecule has 0 bridgehead atoms. The molecule has 1 saturated heterocycles. The van der Waals surface area contributed by atoms with E-state index in [1.165, 1.54) is 0 Å². The Hall–Kier alpha value is -1.30. The van der Waals surface area contributed by atoms with Gasteiger partial charge >= 0.3 is 0 Å². The van der Waals surface area contributed by atoms with E-state index in [-0.39, 0.29) is 11.7 Å². The summed E-state index contributed by atoms with van der Waals surface area (Å²) >= 11 is 0. The van der Waals surface area contributed by atoms with Gasteiger partial charge in [-0.2, -0.15) is 0 Å². The summed E-state index contributed by atoms with van der Waals surface area (Å²) in [5.41, 5.74) is 4.76. The minimum absolute atomic E-state index is 0.00411. The van der Waals surface area contributed by atoms with Gasteiger partial charge in [0.1, 0.15) is 11.4 Å². The van der Waals surface area contributed by atoms with Gasteiger partial charge in [0.25, 0.3) is 5.91 Å². The van der Waals surface area contributed by atoms with E-state index in [0.717, 1.165) is 12.8 Å². The van der Waals surface area contributed by atoms with Crippen LogP contribution in [-0.4, -0.2) is 47.1 Å². The molecule has 0 aliphatic carbocycles. The van der Waals surface area contributed by atoms with Crippen molar-refractivity contribution in [3.63, 3.8) is 0 Å². The fourth-order valence-electron chi connectivity index (χ4n) is 2.30. The molecular weight excluding hydrogens is 246 g/mol. The zero-order chi connectivity index (χ0) is 14.5. The summed E-state index contributed by atoms with van der Waals surface area (Å²) in [7, 11) is 0. The molecule has 0 saturated carbocycles. The van der Waals surface area contributed by atoms with E-state index in [1.54, 1.807) is 4.90 Å². The fraction of sp³-hybridized carbons (Fsp3) is 0.846. The molecule has 0 aromatic heterocycles. The summed E-state index contributed by atoms with van der Waals surface area (Å²) < 4.78 is 5.60. The smallest absolute Gasteiger partial charge is 0.254 e. The van der Waals surface area contributed by atoms with Crippen molar-refractivity contribution in [1.82, 2.24) is 4.90 Å².